The van der Waals surface area contributed by atoms with E-state index in [-0.39, 0.29) is 11.7 Å². The number of phenolic OH excluding ortho intramolecular Hbond substituents is 1. The molecule has 0 unspecified atom stereocenters. The normalized spacial score (nSPS) is 11.6. The number of hydrogen-bond donors (Lipinski definition) is 2. The minimum absolute atomic E-state index is 0.0977. The van der Waals surface area contributed by atoms with Gasteiger partial charge in [0, 0.05) is 12.0 Å². The summed E-state index contributed by atoms with van der Waals surface area (Å²) in [6, 6.07) is 6.76. The monoisotopic (exact) mass is 234 g/mol. The molecular formula is C13H18N2O2. The van der Waals surface area contributed by atoms with Crippen LogP contribution in [0.1, 0.15) is 32.8 Å². The average Bonchev–Trinajstić information content (AvgIpc) is 2.25. The summed E-state index contributed by atoms with van der Waals surface area (Å²) in [5.74, 6) is 0.399. The highest BCUT2D eigenvalue weighted by atomic mass is 16.3. The summed E-state index contributed by atoms with van der Waals surface area (Å²) in [6.45, 7) is 5.74. The summed E-state index contributed by atoms with van der Waals surface area (Å²) in [5, 5.41) is 13.3. The van der Waals surface area contributed by atoms with Gasteiger partial charge in [0.25, 0.3) is 0 Å². The fourth-order valence-corrected chi connectivity index (χ4v) is 1.36. The maximum absolute atomic E-state index is 11.4. The fourth-order valence-electron chi connectivity index (χ4n) is 1.36. The molecule has 0 saturated carbocycles. The molecule has 0 fully saturated rings. The van der Waals surface area contributed by atoms with Crippen molar-refractivity contribution in [2.24, 2.45) is 11.0 Å². The Kier molecular flexibility index (Phi) is 4.69. The summed E-state index contributed by atoms with van der Waals surface area (Å²) in [4.78, 5) is 11.4. The molecule has 0 atom stereocenters. The van der Waals surface area contributed by atoms with Crippen LogP contribution in [-0.4, -0.2) is 16.7 Å². The highest BCUT2D eigenvalue weighted by Crippen LogP contribution is 2.11. The highest BCUT2D eigenvalue weighted by Gasteiger charge is 2.04. The molecule has 1 aromatic rings. The van der Waals surface area contributed by atoms with E-state index in [0.29, 0.717) is 18.1 Å². The first-order valence-corrected chi connectivity index (χ1v) is 5.61. The molecule has 0 radical (unpaired) electrons. The van der Waals surface area contributed by atoms with E-state index >= 15 is 0 Å². The Morgan fingerprint density at radius 3 is 2.76 bits per heavy atom. The van der Waals surface area contributed by atoms with Crippen LogP contribution in [0.3, 0.4) is 0 Å². The maximum Gasteiger partial charge on any atom is 0.240 e. The van der Waals surface area contributed by atoms with Gasteiger partial charge in [0.15, 0.2) is 0 Å². The van der Waals surface area contributed by atoms with Crippen LogP contribution in [-0.2, 0) is 4.79 Å². The number of rotatable bonds is 4. The number of benzene rings is 1. The molecule has 0 aliphatic rings. The predicted octanol–water partition coefficient (Wildman–Crippen LogP) is 2.28. The molecule has 4 nitrogen and oxygen atoms in total. The third-order valence-corrected chi connectivity index (χ3v) is 2.21. The van der Waals surface area contributed by atoms with Crippen LogP contribution in [0.15, 0.2) is 29.4 Å². The van der Waals surface area contributed by atoms with E-state index in [1.165, 1.54) is 0 Å². The quantitative estimate of drug-likeness (QED) is 0.620. The zero-order valence-corrected chi connectivity index (χ0v) is 10.4. The number of phenols is 1. The van der Waals surface area contributed by atoms with Gasteiger partial charge in [0.1, 0.15) is 5.75 Å². The van der Waals surface area contributed by atoms with E-state index in [9.17, 15) is 9.90 Å². The largest absolute Gasteiger partial charge is 0.508 e. The number of hydrogen-bond acceptors (Lipinski definition) is 3. The van der Waals surface area contributed by atoms with Crippen LogP contribution in [0.25, 0.3) is 0 Å². The van der Waals surface area contributed by atoms with Crippen molar-refractivity contribution >= 4 is 11.6 Å². The number of aromatic hydroxyl groups is 1. The maximum atomic E-state index is 11.4. The van der Waals surface area contributed by atoms with Gasteiger partial charge in [-0.2, -0.15) is 5.10 Å². The Hall–Kier alpha value is -1.84. The first-order valence-electron chi connectivity index (χ1n) is 5.61. The van der Waals surface area contributed by atoms with Crippen molar-refractivity contribution in [1.82, 2.24) is 5.43 Å². The first kappa shape index (κ1) is 13.2. The Bertz CT molecular complexity index is 425. The van der Waals surface area contributed by atoms with E-state index in [1.54, 1.807) is 25.1 Å². The van der Waals surface area contributed by atoms with E-state index in [2.05, 4.69) is 10.5 Å². The molecule has 92 valence electrons. The summed E-state index contributed by atoms with van der Waals surface area (Å²) in [6.07, 6.45) is 0.455. The van der Waals surface area contributed by atoms with Gasteiger partial charge in [-0.05, 0) is 25.0 Å². The minimum Gasteiger partial charge on any atom is -0.508 e. The van der Waals surface area contributed by atoms with Crippen molar-refractivity contribution in [2.45, 2.75) is 27.2 Å². The summed E-state index contributed by atoms with van der Waals surface area (Å²) in [5.41, 5.74) is 3.95. The third kappa shape index (κ3) is 4.68. The van der Waals surface area contributed by atoms with Crippen molar-refractivity contribution in [1.29, 1.82) is 0 Å². The number of nitrogens with zero attached hydrogens (tertiary/aromatic N) is 1. The van der Waals surface area contributed by atoms with E-state index < -0.39 is 0 Å². The van der Waals surface area contributed by atoms with E-state index in [0.717, 1.165) is 5.56 Å². The zero-order valence-electron chi connectivity index (χ0n) is 10.4. The first-order chi connectivity index (χ1) is 7.99. The Morgan fingerprint density at radius 2 is 2.18 bits per heavy atom. The molecule has 4 heteroatoms. The van der Waals surface area contributed by atoms with Gasteiger partial charge in [-0.1, -0.05) is 26.0 Å². The molecule has 1 amide bonds. The number of carbonyl (C=O) groups is 1. The lowest BCUT2D eigenvalue weighted by atomic mass is 10.1. The number of hydrazone groups is 1. The Morgan fingerprint density at radius 1 is 1.47 bits per heavy atom. The van der Waals surface area contributed by atoms with Crippen LogP contribution < -0.4 is 5.43 Å². The van der Waals surface area contributed by atoms with Crippen LogP contribution in [0.4, 0.5) is 0 Å². The van der Waals surface area contributed by atoms with Crippen LogP contribution in [0.5, 0.6) is 5.75 Å². The second-order valence-electron chi connectivity index (χ2n) is 4.38. The minimum atomic E-state index is -0.0977. The number of nitrogens with one attached hydrogen (secondary N) is 1. The molecule has 1 rings (SSSR count). The van der Waals surface area contributed by atoms with Gasteiger partial charge >= 0.3 is 0 Å². The predicted molar refractivity (Wildman–Crippen MR) is 67.9 cm³/mol. The van der Waals surface area contributed by atoms with Gasteiger partial charge in [-0.3, -0.25) is 4.79 Å². The second kappa shape index (κ2) is 6.03. The van der Waals surface area contributed by atoms with Crippen molar-refractivity contribution in [2.75, 3.05) is 0 Å². The smallest absolute Gasteiger partial charge is 0.240 e. The molecule has 0 heterocycles. The summed E-state index contributed by atoms with van der Waals surface area (Å²) >= 11 is 0. The molecule has 0 spiro atoms. The van der Waals surface area contributed by atoms with Gasteiger partial charge < -0.3 is 5.11 Å². The average molecular weight is 234 g/mol. The van der Waals surface area contributed by atoms with E-state index in [1.807, 2.05) is 19.9 Å². The van der Waals surface area contributed by atoms with Crippen molar-refractivity contribution in [3.63, 3.8) is 0 Å². The van der Waals surface area contributed by atoms with Crippen molar-refractivity contribution < 1.29 is 9.90 Å². The summed E-state index contributed by atoms with van der Waals surface area (Å²) in [7, 11) is 0. The molecule has 1 aromatic carbocycles. The Balaban J connectivity index is 2.64. The van der Waals surface area contributed by atoms with Crippen LogP contribution in [0.2, 0.25) is 0 Å². The molecular weight excluding hydrogens is 216 g/mol. The molecule has 0 bridgehead atoms. The fraction of sp³-hybridized carbons (Fsp3) is 0.385. The van der Waals surface area contributed by atoms with Crippen LogP contribution in [0, 0.1) is 5.92 Å². The molecule has 0 aliphatic carbocycles. The van der Waals surface area contributed by atoms with Gasteiger partial charge in [-0.25, -0.2) is 5.43 Å². The van der Waals surface area contributed by atoms with E-state index in [4.69, 9.17) is 0 Å². The van der Waals surface area contributed by atoms with Gasteiger partial charge in [0.2, 0.25) is 5.91 Å². The number of carbonyl (C=O) groups excluding carboxylic acids is 1. The van der Waals surface area contributed by atoms with Crippen molar-refractivity contribution in [3.05, 3.63) is 29.8 Å². The lowest BCUT2D eigenvalue weighted by Gasteiger charge is -2.05. The molecule has 0 saturated heterocycles. The van der Waals surface area contributed by atoms with Gasteiger partial charge in [-0.15, -0.1) is 0 Å². The highest BCUT2D eigenvalue weighted by molar-refractivity contribution is 5.99. The lowest BCUT2D eigenvalue weighted by Crippen LogP contribution is -2.20. The Labute approximate surface area is 101 Å². The molecule has 17 heavy (non-hydrogen) atoms. The molecule has 0 aromatic heterocycles. The number of amides is 1. The topological polar surface area (TPSA) is 61.7 Å². The van der Waals surface area contributed by atoms with Crippen molar-refractivity contribution in [3.8, 4) is 5.75 Å². The lowest BCUT2D eigenvalue weighted by molar-refractivity contribution is -0.121. The zero-order chi connectivity index (χ0) is 12.8. The molecule has 0 aliphatic heterocycles. The van der Waals surface area contributed by atoms with Crippen LogP contribution >= 0.6 is 0 Å². The van der Waals surface area contributed by atoms with Gasteiger partial charge in [0.05, 0.1) is 5.71 Å². The second-order valence-corrected chi connectivity index (χ2v) is 4.38. The molecule has 2 N–H and O–H groups in total. The standard InChI is InChI=1S/C13H18N2O2/c1-9(2)7-13(17)15-14-10(3)11-5-4-6-12(16)8-11/h4-6,8-9,16H,7H2,1-3H3,(H,15,17)/b14-10+. The third-order valence-electron chi connectivity index (χ3n) is 2.21. The SMILES string of the molecule is C/C(=N\NC(=O)CC(C)C)c1cccc(O)c1. The summed E-state index contributed by atoms with van der Waals surface area (Å²) < 4.78 is 0.